The van der Waals surface area contributed by atoms with Crippen molar-refractivity contribution in [3.63, 3.8) is 0 Å². The van der Waals surface area contributed by atoms with E-state index in [-0.39, 0.29) is 10.8 Å². The fourth-order valence-corrected chi connectivity index (χ4v) is 18.8. The summed E-state index contributed by atoms with van der Waals surface area (Å²) in [6.45, 7) is 9.37. The quantitative estimate of drug-likeness (QED) is 0.107. The number of nitrogens with zero attached hydrogens (tertiary/aromatic N) is 4. The molecular formula is C114H86BBrN4O2. The summed E-state index contributed by atoms with van der Waals surface area (Å²) < 4.78 is 5.73. The van der Waals surface area contributed by atoms with Crippen LogP contribution in [0.5, 0.6) is 0 Å². The van der Waals surface area contributed by atoms with Crippen molar-refractivity contribution in [2.24, 2.45) is 0 Å². The lowest BCUT2D eigenvalue weighted by atomic mass is 9.80. The number of para-hydroxylation sites is 4. The van der Waals surface area contributed by atoms with Crippen molar-refractivity contribution in [3.8, 4) is 89.3 Å². The van der Waals surface area contributed by atoms with Crippen molar-refractivity contribution >= 4 is 106 Å². The molecule has 0 bridgehead atoms. The van der Waals surface area contributed by atoms with Crippen LogP contribution in [-0.4, -0.2) is 26.3 Å². The van der Waals surface area contributed by atoms with Crippen LogP contribution in [-0.2, 0) is 10.8 Å². The molecule has 0 unspecified atom stereocenters. The van der Waals surface area contributed by atoms with Gasteiger partial charge in [-0.15, -0.1) is 0 Å². The number of hydrogen-bond donors (Lipinski definition) is 2. The molecule has 22 rings (SSSR count). The second kappa shape index (κ2) is 32.1. The van der Waals surface area contributed by atoms with Gasteiger partial charge in [0, 0.05) is 82.3 Å². The second-order valence-corrected chi connectivity index (χ2v) is 33.6. The Morgan fingerprint density at radius 2 is 0.467 bits per heavy atom. The van der Waals surface area contributed by atoms with E-state index in [9.17, 15) is 10.0 Å². The number of fused-ring (bicyclic) bond motifs is 12. The van der Waals surface area contributed by atoms with E-state index in [0.29, 0.717) is 5.46 Å². The maximum atomic E-state index is 9.25. The first-order valence-corrected chi connectivity index (χ1v) is 42.6. The van der Waals surface area contributed by atoms with Gasteiger partial charge in [0.2, 0.25) is 0 Å². The standard InChI is InChI=1S/C57H42N2.C33H26BrN.C24H18BNO2/c1-57(2)53-17-9-6-14-49(53)50-37-36-48(38-54(50)57)58(45-30-24-42(25-31-45)39-12-4-3-5-13-39)46-32-26-43(27-33-46)40-20-22-41(23-21-40)44-28-34-47(35-29-44)59-55-18-10-7-15-51(55)52-16-8-11-19-56(52)59;1-33(2)31-11-7-6-10-29(31)30-21-20-28(22-32(30)33)35(27-18-14-25(34)15-19-27)26-16-12-24(13-17-26)23-8-4-3-5-9-23;27-25(28)19-13-9-17(10-14-19)18-11-15-20(16-12-18)26-23-7-3-1-5-21(23)22-6-2-4-8-24(22)26/h3-38H,1-2H3;3-22H,1-2H3;1-16,27-28H. The van der Waals surface area contributed by atoms with E-state index >= 15 is 0 Å². The first-order chi connectivity index (χ1) is 59.7. The third-order valence-corrected chi connectivity index (χ3v) is 25.4. The predicted octanol–water partition coefficient (Wildman–Crippen LogP) is 29.6. The summed E-state index contributed by atoms with van der Waals surface area (Å²) in [4.78, 5) is 4.74. The zero-order valence-corrected chi connectivity index (χ0v) is 69.8. The Balaban J connectivity index is 0.000000127. The lowest BCUT2D eigenvalue weighted by molar-refractivity contribution is 0.426. The SMILES string of the molecule is CC1(C)c2ccccc2-c2ccc(N(c3ccc(-c4ccccc4)cc3)c3ccc(-c4ccc(-c5ccc(-n6c7ccccc7c7ccccc76)cc5)cc4)cc3)cc21.CC1(C)c2ccccc2-c2ccc(N(c3ccc(Br)cc3)c3ccc(-c4ccccc4)cc3)cc21.OB(O)c1ccc(-c2ccc(-n3c4ccccc4c4ccccc43)cc2)cc1. The van der Waals surface area contributed by atoms with Crippen molar-refractivity contribution in [2.45, 2.75) is 38.5 Å². The van der Waals surface area contributed by atoms with Crippen molar-refractivity contribution in [1.82, 2.24) is 9.13 Å². The highest BCUT2D eigenvalue weighted by Gasteiger charge is 2.38. The molecule has 0 atom stereocenters. The van der Waals surface area contributed by atoms with Crippen LogP contribution in [0.3, 0.4) is 0 Å². The van der Waals surface area contributed by atoms with Gasteiger partial charge in [-0.3, -0.25) is 0 Å². The third kappa shape index (κ3) is 14.2. The van der Waals surface area contributed by atoms with E-state index in [4.69, 9.17) is 0 Å². The summed E-state index contributed by atoms with van der Waals surface area (Å²) in [5.41, 5.74) is 37.0. The molecule has 122 heavy (non-hydrogen) atoms. The van der Waals surface area contributed by atoms with Crippen LogP contribution in [0, 0.1) is 0 Å². The normalized spacial score (nSPS) is 12.5. The number of anilines is 6. The molecule has 0 radical (unpaired) electrons. The van der Waals surface area contributed by atoms with Crippen molar-refractivity contribution in [3.05, 3.63) is 464 Å². The van der Waals surface area contributed by atoms with Gasteiger partial charge in [-0.25, -0.2) is 0 Å². The number of halogens is 1. The maximum Gasteiger partial charge on any atom is 0.488 e. The maximum absolute atomic E-state index is 9.25. The summed E-state index contributed by atoms with van der Waals surface area (Å²) >= 11 is 3.60. The van der Waals surface area contributed by atoms with Crippen LogP contribution >= 0.6 is 15.9 Å². The van der Waals surface area contributed by atoms with Crippen molar-refractivity contribution in [1.29, 1.82) is 0 Å². The van der Waals surface area contributed by atoms with Crippen molar-refractivity contribution in [2.75, 3.05) is 9.80 Å². The second-order valence-electron chi connectivity index (χ2n) is 32.7. The Kier molecular flexibility index (Phi) is 20.1. The molecule has 2 N–H and O–H groups in total. The molecule has 8 heteroatoms. The molecule has 2 heterocycles. The Bertz CT molecular complexity index is 7120. The topological polar surface area (TPSA) is 56.8 Å². The minimum absolute atomic E-state index is 0.0372. The van der Waals surface area contributed by atoms with Crippen LogP contribution < -0.4 is 15.3 Å². The fourth-order valence-electron chi connectivity index (χ4n) is 18.5. The van der Waals surface area contributed by atoms with Crippen molar-refractivity contribution < 1.29 is 10.0 Å². The molecule has 2 aromatic heterocycles. The molecule has 18 aromatic carbocycles. The highest BCUT2D eigenvalue weighted by atomic mass is 79.9. The molecule has 0 saturated heterocycles. The monoisotopic (exact) mass is 1630 g/mol. The molecule has 20 aromatic rings. The smallest absolute Gasteiger partial charge is 0.423 e. The van der Waals surface area contributed by atoms with E-state index < -0.39 is 7.12 Å². The highest BCUT2D eigenvalue weighted by molar-refractivity contribution is 9.10. The van der Waals surface area contributed by atoms with Gasteiger partial charge >= 0.3 is 7.12 Å². The van der Waals surface area contributed by atoms with E-state index in [0.717, 1.165) is 55.4 Å². The Morgan fingerprint density at radius 1 is 0.230 bits per heavy atom. The van der Waals surface area contributed by atoms with E-state index in [2.05, 4.69) is 475 Å². The van der Waals surface area contributed by atoms with Crippen LogP contribution in [0.1, 0.15) is 49.9 Å². The summed E-state index contributed by atoms with van der Waals surface area (Å²) in [7, 11) is -1.44. The van der Waals surface area contributed by atoms with Crippen LogP contribution in [0.15, 0.2) is 441 Å². The Hall–Kier alpha value is -14.4. The van der Waals surface area contributed by atoms with Gasteiger partial charge < -0.3 is 29.0 Å². The first-order valence-electron chi connectivity index (χ1n) is 41.8. The molecule has 0 spiro atoms. The number of aromatic nitrogens is 2. The van der Waals surface area contributed by atoms with Gasteiger partial charge in [0.05, 0.1) is 22.1 Å². The minimum Gasteiger partial charge on any atom is -0.423 e. The fraction of sp³-hybridized carbons (Fsp3) is 0.0526. The number of benzene rings is 18. The lowest BCUT2D eigenvalue weighted by Crippen LogP contribution is -2.29. The molecule has 2 aliphatic carbocycles. The van der Waals surface area contributed by atoms with Gasteiger partial charge in [-0.05, 0) is 239 Å². The molecule has 0 amide bonds. The summed E-state index contributed by atoms with van der Waals surface area (Å²) in [6.07, 6.45) is 0. The number of rotatable bonds is 14. The molecule has 6 nitrogen and oxygen atoms in total. The van der Waals surface area contributed by atoms with Crippen LogP contribution in [0.2, 0.25) is 0 Å². The van der Waals surface area contributed by atoms with E-state index in [1.54, 1.807) is 12.1 Å². The average molecular weight is 1630 g/mol. The molecule has 0 saturated carbocycles. The van der Waals surface area contributed by atoms with Gasteiger partial charge in [0.15, 0.2) is 0 Å². The number of hydrogen-bond acceptors (Lipinski definition) is 4. The summed E-state index contributed by atoms with van der Waals surface area (Å²) in [5.74, 6) is 0. The van der Waals surface area contributed by atoms with Crippen LogP contribution in [0.25, 0.3) is 133 Å². The van der Waals surface area contributed by atoms with E-state index in [1.807, 2.05) is 12.1 Å². The largest absolute Gasteiger partial charge is 0.488 e. The Labute approximate surface area is 721 Å². The van der Waals surface area contributed by atoms with Gasteiger partial charge in [0.1, 0.15) is 0 Å². The first kappa shape index (κ1) is 76.3. The van der Waals surface area contributed by atoms with Gasteiger partial charge in [-0.2, -0.15) is 0 Å². The lowest BCUT2D eigenvalue weighted by Gasteiger charge is -2.28. The zero-order valence-electron chi connectivity index (χ0n) is 68.2. The predicted molar refractivity (Wildman–Crippen MR) is 517 cm³/mol. The van der Waals surface area contributed by atoms with Gasteiger partial charge in [-0.1, -0.05) is 347 Å². The molecule has 0 aliphatic heterocycles. The van der Waals surface area contributed by atoms with Crippen LogP contribution in [0.4, 0.5) is 34.1 Å². The molecule has 0 fully saturated rings. The van der Waals surface area contributed by atoms with Gasteiger partial charge in [0.25, 0.3) is 0 Å². The molecule has 2 aliphatic rings. The minimum atomic E-state index is -1.44. The summed E-state index contributed by atoms with van der Waals surface area (Å²) in [5, 5.41) is 23.6. The molecular weight excluding hydrogens is 1550 g/mol. The van der Waals surface area contributed by atoms with E-state index in [1.165, 1.54) is 138 Å². The average Bonchev–Trinajstić information content (AvgIpc) is 1.58. The molecule has 584 valence electrons. The third-order valence-electron chi connectivity index (χ3n) is 24.8. The Morgan fingerprint density at radius 3 is 0.787 bits per heavy atom. The summed E-state index contributed by atoms with van der Waals surface area (Å²) in [6, 6.07) is 156. The highest BCUT2D eigenvalue weighted by Crippen LogP contribution is 2.53. The zero-order chi connectivity index (χ0) is 82.6.